The van der Waals surface area contributed by atoms with Crippen LogP contribution < -0.4 is 10.6 Å². The largest absolute Gasteiger partial charge is 0.343 e. The van der Waals surface area contributed by atoms with Crippen LogP contribution in [-0.2, 0) is 4.79 Å². The number of likely N-dealkylation sites (tertiary alicyclic amines) is 1. The second kappa shape index (κ2) is 9.97. The first-order valence-corrected chi connectivity index (χ1v) is 10.5. The Bertz CT molecular complexity index is 504. The maximum atomic E-state index is 12.8. The van der Waals surface area contributed by atoms with Crippen molar-refractivity contribution in [3.05, 3.63) is 0 Å². The molecule has 3 heterocycles. The summed E-state index contributed by atoms with van der Waals surface area (Å²) in [6, 6.07) is 1.61. The fourth-order valence-corrected chi connectivity index (χ4v) is 4.76. The van der Waals surface area contributed by atoms with Crippen molar-refractivity contribution < 1.29 is 9.59 Å². The lowest BCUT2D eigenvalue weighted by Gasteiger charge is -2.37. The molecule has 3 unspecified atom stereocenters. The normalized spacial score (nSPS) is 30.0. The van der Waals surface area contributed by atoms with Crippen molar-refractivity contribution in [1.82, 2.24) is 20.4 Å². The van der Waals surface area contributed by atoms with Crippen LogP contribution in [0.4, 0.5) is 4.79 Å². The minimum atomic E-state index is 0. The van der Waals surface area contributed by atoms with Crippen LogP contribution in [0.2, 0.25) is 0 Å². The van der Waals surface area contributed by atoms with Gasteiger partial charge in [0.05, 0.1) is 0 Å². The van der Waals surface area contributed by atoms with E-state index in [0.717, 1.165) is 32.2 Å². The van der Waals surface area contributed by atoms with E-state index in [1.165, 1.54) is 12.8 Å². The summed E-state index contributed by atoms with van der Waals surface area (Å²) in [7, 11) is 1.98. The number of hydrogen-bond donors (Lipinski definition) is 2. The number of halogens is 1. The van der Waals surface area contributed by atoms with Crippen molar-refractivity contribution in [1.29, 1.82) is 0 Å². The van der Waals surface area contributed by atoms with Crippen LogP contribution in [0, 0.1) is 11.8 Å². The number of nitrogens with zero attached hydrogens (tertiary/aromatic N) is 2. The Morgan fingerprint density at radius 2 is 1.85 bits per heavy atom. The van der Waals surface area contributed by atoms with Crippen molar-refractivity contribution in [2.75, 3.05) is 26.7 Å². The Balaban J connectivity index is 0.00000261. The number of carbonyl (C=O) groups is 2. The summed E-state index contributed by atoms with van der Waals surface area (Å²) in [5.74, 6) is 1.00. The molecule has 3 amide bonds. The van der Waals surface area contributed by atoms with Gasteiger partial charge in [0.15, 0.2) is 0 Å². The second-order valence-electron chi connectivity index (χ2n) is 9.01. The van der Waals surface area contributed by atoms with Crippen LogP contribution in [0.5, 0.6) is 0 Å². The Labute approximate surface area is 170 Å². The summed E-state index contributed by atoms with van der Waals surface area (Å²) >= 11 is 0. The van der Waals surface area contributed by atoms with E-state index in [2.05, 4.69) is 24.5 Å². The molecule has 156 valence electrons. The summed E-state index contributed by atoms with van der Waals surface area (Å²) in [5.41, 5.74) is 0. The quantitative estimate of drug-likeness (QED) is 0.745. The fourth-order valence-electron chi connectivity index (χ4n) is 4.76. The highest BCUT2D eigenvalue weighted by Gasteiger charge is 2.37. The van der Waals surface area contributed by atoms with Crippen molar-refractivity contribution in [2.24, 2.45) is 11.8 Å². The monoisotopic (exact) mass is 400 g/mol. The van der Waals surface area contributed by atoms with Crippen molar-refractivity contribution in [2.45, 2.75) is 76.9 Å². The molecule has 6 nitrogen and oxygen atoms in total. The molecular weight excluding hydrogens is 364 g/mol. The minimum absolute atomic E-state index is 0. The van der Waals surface area contributed by atoms with Gasteiger partial charge in [-0.3, -0.25) is 4.79 Å². The molecule has 3 atom stereocenters. The van der Waals surface area contributed by atoms with E-state index in [4.69, 9.17) is 0 Å². The van der Waals surface area contributed by atoms with Gasteiger partial charge in [0.25, 0.3) is 0 Å². The van der Waals surface area contributed by atoms with E-state index in [1.54, 1.807) is 0 Å². The third-order valence-corrected chi connectivity index (χ3v) is 6.32. The molecule has 2 bridgehead atoms. The zero-order valence-corrected chi connectivity index (χ0v) is 17.9. The summed E-state index contributed by atoms with van der Waals surface area (Å²) in [5, 5.41) is 6.65. The molecule has 3 aliphatic heterocycles. The third kappa shape index (κ3) is 5.98. The van der Waals surface area contributed by atoms with E-state index >= 15 is 0 Å². The number of fused-ring (bicyclic) bond motifs is 2. The minimum Gasteiger partial charge on any atom is -0.343 e. The molecule has 2 N–H and O–H groups in total. The topological polar surface area (TPSA) is 64.7 Å². The van der Waals surface area contributed by atoms with Gasteiger partial charge in [-0.05, 0) is 50.4 Å². The van der Waals surface area contributed by atoms with Gasteiger partial charge in [-0.15, -0.1) is 12.4 Å². The lowest BCUT2D eigenvalue weighted by atomic mass is 9.93. The van der Waals surface area contributed by atoms with Crippen molar-refractivity contribution in [3.63, 3.8) is 0 Å². The van der Waals surface area contributed by atoms with Gasteiger partial charge in [-0.1, -0.05) is 13.8 Å². The van der Waals surface area contributed by atoms with Crippen molar-refractivity contribution >= 4 is 24.3 Å². The number of rotatable bonds is 5. The maximum absolute atomic E-state index is 12.8. The van der Waals surface area contributed by atoms with Crippen LogP contribution in [0.3, 0.4) is 0 Å². The molecular formula is C20H37ClN4O2. The first kappa shape index (κ1) is 22.3. The summed E-state index contributed by atoms with van der Waals surface area (Å²) in [6.07, 6.45) is 7.31. The molecule has 27 heavy (non-hydrogen) atoms. The van der Waals surface area contributed by atoms with Crippen LogP contribution in [-0.4, -0.2) is 66.5 Å². The average molecular weight is 401 g/mol. The van der Waals surface area contributed by atoms with Gasteiger partial charge in [0, 0.05) is 51.2 Å². The van der Waals surface area contributed by atoms with Gasteiger partial charge in [0.2, 0.25) is 5.91 Å². The van der Waals surface area contributed by atoms with Crippen LogP contribution >= 0.6 is 12.4 Å². The molecule has 0 aromatic heterocycles. The van der Waals surface area contributed by atoms with Crippen LogP contribution in [0.25, 0.3) is 0 Å². The lowest BCUT2D eigenvalue weighted by Crippen LogP contribution is -2.50. The SMILES string of the molecule is CC(C)CNC(=O)N1CCCC(CC(=O)N(C)C2CC3CCC(C2)N3)C1.Cl. The number of amides is 3. The summed E-state index contributed by atoms with van der Waals surface area (Å²) in [4.78, 5) is 29.0. The third-order valence-electron chi connectivity index (χ3n) is 6.32. The van der Waals surface area contributed by atoms with E-state index in [9.17, 15) is 9.59 Å². The highest BCUT2D eigenvalue weighted by atomic mass is 35.5. The predicted molar refractivity (Wildman–Crippen MR) is 110 cm³/mol. The molecule has 3 saturated heterocycles. The molecule has 0 aromatic carbocycles. The Morgan fingerprint density at radius 1 is 1.19 bits per heavy atom. The summed E-state index contributed by atoms with van der Waals surface area (Å²) < 4.78 is 0. The van der Waals surface area contributed by atoms with Gasteiger partial charge < -0.3 is 20.4 Å². The molecule has 0 radical (unpaired) electrons. The number of hydrogen-bond acceptors (Lipinski definition) is 3. The average Bonchev–Trinajstić information content (AvgIpc) is 2.96. The number of nitrogens with one attached hydrogen (secondary N) is 2. The summed E-state index contributed by atoms with van der Waals surface area (Å²) in [6.45, 7) is 6.42. The molecule has 3 fully saturated rings. The van der Waals surface area contributed by atoms with E-state index in [-0.39, 0.29) is 24.3 Å². The zero-order chi connectivity index (χ0) is 18.7. The lowest BCUT2D eigenvalue weighted by molar-refractivity contribution is -0.134. The maximum Gasteiger partial charge on any atom is 0.317 e. The van der Waals surface area contributed by atoms with Gasteiger partial charge >= 0.3 is 6.03 Å². The predicted octanol–water partition coefficient (Wildman–Crippen LogP) is 2.62. The van der Waals surface area contributed by atoms with Crippen LogP contribution in [0.15, 0.2) is 0 Å². The standard InChI is InChI=1S/C20H36N4O2.ClH/c1-14(2)12-21-20(26)24-8-4-5-15(13-24)9-19(25)23(3)18-10-16-6-7-17(11-18)22-16;/h14-18,22H,4-13H2,1-3H3,(H,21,26);1H. The first-order valence-electron chi connectivity index (χ1n) is 10.5. The molecule has 3 rings (SSSR count). The highest BCUT2D eigenvalue weighted by molar-refractivity contribution is 5.85. The fraction of sp³-hybridized carbons (Fsp3) is 0.900. The molecule has 0 aliphatic carbocycles. The molecule has 0 aromatic rings. The van der Waals surface area contributed by atoms with E-state index in [1.807, 2.05) is 16.8 Å². The Hall–Kier alpha value is -1.01. The number of piperidine rings is 2. The number of urea groups is 1. The van der Waals surface area contributed by atoms with Gasteiger partial charge in [-0.2, -0.15) is 0 Å². The van der Waals surface area contributed by atoms with E-state index in [0.29, 0.717) is 49.5 Å². The molecule has 7 heteroatoms. The van der Waals surface area contributed by atoms with E-state index < -0.39 is 0 Å². The molecule has 3 aliphatic rings. The smallest absolute Gasteiger partial charge is 0.317 e. The second-order valence-corrected chi connectivity index (χ2v) is 9.01. The Kier molecular flexibility index (Phi) is 8.22. The first-order chi connectivity index (χ1) is 12.4. The van der Waals surface area contributed by atoms with Crippen LogP contribution in [0.1, 0.15) is 58.8 Å². The van der Waals surface area contributed by atoms with Gasteiger partial charge in [-0.25, -0.2) is 4.79 Å². The van der Waals surface area contributed by atoms with Gasteiger partial charge in [0.1, 0.15) is 0 Å². The number of carbonyl (C=O) groups excluding carboxylic acids is 2. The Morgan fingerprint density at radius 3 is 2.48 bits per heavy atom. The van der Waals surface area contributed by atoms with Crippen molar-refractivity contribution in [3.8, 4) is 0 Å². The molecule has 0 saturated carbocycles. The molecule has 0 spiro atoms. The highest BCUT2D eigenvalue weighted by Crippen LogP contribution is 2.30. The zero-order valence-electron chi connectivity index (χ0n) is 17.1.